The van der Waals surface area contributed by atoms with Crippen molar-refractivity contribution < 1.29 is 18.7 Å². The van der Waals surface area contributed by atoms with Gasteiger partial charge in [0.1, 0.15) is 0 Å². The van der Waals surface area contributed by atoms with E-state index in [1.54, 1.807) is 18.4 Å². The molecule has 0 saturated heterocycles. The number of thiophene rings is 1. The van der Waals surface area contributed by atoms with Crippen LogP contribution in [0.3, 0.4) is 0 Å². The van der Waals surface area contributed by atoms with Crippen molar-refractivity contribution in [2.24, 2.45) is 0 Å². The van der Waals surface area contributed by atoms with Gasteiger partial charge in [0.2, 0.25) is 0 Å². The van der Waals surface area contributed by atoms with Gasteiger partial charge in [-0.3, -0.25) is 0 Å². The number of carboxylic acids is 1. The van der Waals surface area contributed by atoms with E-state index in [9.17, 15) is 13.6 Å². The molecule has 1 N–H and O–H groups in total. The third-order valence-electron chi connectivity index (χ3n) is 1.66. The lowest BCUT2D eigenvalue weighted by Crippen LogP contribution is -2.30. The summed E-state index contributed by atoms with van der Waals surface area (Å²) >= 11 is 1.15. The Balaban J connectivity index is 2.80. The molecule has 0 aliphatic rings. The summed E-state index contributed by atoms with van der Waals surface area (Å²) in [6, 6.07) is 1.69. The molecule has 0 radical (unpaired) electrons. The topological polar surface area (TPSA) is 37.3 Å². The fourth-order valence-corrected chi connectivity index (χ4v) is 1.82. The van der Waals surface area contributed by atoms with Crippen LogP contribution >= 0.6 is 11.3 Å². The van der Waals surface area contributed by atoms with Crippen LogP contribution in [0.15, 0.2) is 11.4 Å². The Morgan fingerprint density at radius 1 is 1.69 bits per heavy atom. The minimum Gasteiger partial charge on any atom is -0.477 e. The van der Waals surface area contributed by atoms with Gasteiger partial charge in [0.05, 0.1) is 6.42 Å². The van der Waals surface area contributed by atoms with Crippen molar-refractivity contribution in [1.82, 2.24) is 0 Å². The molecule has 0 saturated carbocycles. The molecule has 0 unspecified atom stereocenters. The molecule has 0 fully saturated rings. The van der Waals surface area contributed by atoms with E-state index < -0.39 is 18.3 Å². The Kier molecular flexibility index (Phi) is 2.66. The molecule has 0 bridgehead atoms. The molecule has 0 atom stereocenters. The molecule has 5 heteroatoms. The SMILES string of the molecule is Cc1ccsc1CC(F)(F)C(=O)O. The highest BCUT2D eigenvalue weighted by Crippen LogP contribution is 2.25. The van der Waals surface area contributed by atoms with E-state index in [-0.39, 0.29) is 0 Å². The largest absolute Gasteiger partial charge is 0.477 e. The highest BCUT2D eigenvalue weighted by Gasteiger charge is 2.39. The molecule has 1 heterocycles. The summed E-state index contributed by atoms with van der Waals surface area (Å²) in [5.41, 5.74) is 0.714. The van der Waals surface area contributed by atoms with Crippen LogP contribution in [0, 0.1) is 6.92 Å². The van der Waals surface area contributed by atoms with Crippen molar-refractivity contribution in [1.29, 1.82) is 0 Å². The number of rotatable bonds is 3. The van der Waals surface area contributed by atoms with E-state index >= 15 is 0 Å². The number of hydrogen-bond donors (Lipinski definition) is 1. The number of carboxylic acid groups (broad SMARTS) is 1. The van der Waals surface area contributed by atoms with E-state index in [0.29, 0.717) is 10.4 Å². The lowest BCUT2D eigenvalue weighted by atomic mass is 10.1. The van der Waals surface area contributed by atoms with Crippen molar-refractivity contribution in [2.75, 3.05) is 0 Å². The van der Waals surface area contributed by atoms with Crippen LogP contribution in [0.1, 0.15) is 10.4 Å². The number of carbonyl (C=O) groups is 1. The van der Waals surface area contributed by atoms with Crippen LogP contribution in [0.4, 0.5) is 8.78 Å². The Labute approximate surface area is 77.8 Å². The van der Waals surface area contributed by atoms with Gasteiger partial charge in [-0.05, 0) is 23.9 Å². The minimum absolute atomic E-state index is 0.424. The maximum Gasteiger partial charge on any atom is 0.374 e. The summed E-state index contributed by atoms with van der Waals surface area (Å²) in [6.45, 7) is 1.68. The summed E-state index contributed by atoms with van der Waals surface area (Å²) in [7, 11) is 0. The van der Waals surface area contributed by atoms with Crippen LogP contribution in [0.2, 0.25) is 0 Å². The zero-order valence-corrected chi connectivity index (χ0v) is 7.70. The summed E-state index contributed by atoms with van der Waals surface area (Å²) in [6.07, 6.45) is -0.716. The summed E-state index contributed by atoms with van der Waals surface area (Å²) in [4.78, 5) is 10.5. The zero-order chi connectivity index (χ0) is 10.1. The average molecular weight is 206 g/mol. The number of aliphatic carboxylic acids is 1. The first-order chi connectivity index (χ1) is 5.93. The van der Waals surface area contributed by atoms with Gasteiger partial charge in [-0.15, -0.1) is 11.3 Å². The second kappa shape index (κ2) is 3.41. The van der Waals surface area contributed by atoms with E-state index in [0.717, 1.165) is 11.3 Å². The molecule has 1 rings (SSSR count). The molecular formula is C8H8F2O2S. The molecule has 0 amide bonds. The Morgan fingerprint density at radius 3 is 2.69 bits per heavy atom. The van der Waals surface area contributed by atoms with Crippen molar-refractivity contribution in [3.05, 3.63) is 21.9 Å². The molecular weight excluding hydrogens is 198 g/mol. The van der Waals surface area contributed by atoms with Crippen LogP contribution in [-0.2, 0) is 11.2 Å². The zero-order valence-electron chi connectivity index (χ0n) is 6.88. The van der Waals surface area contributed by atoms with Crippen molar-refractivity contribution in [3.63, 3.8) is 0 Å². The van der Waals surface area contributed by atoms with Crippen molar-refractivity contribution in [2.45, 2.75) is 19.3 Å². The summed E-state index contributed by atoms with van der Waals surface area (Å²) < 4.78 is 25.4. The average Bonchev–Trinajstić information content (AvgIpc) is 2.35. The van der Waals surface area contributed by atoms with Crippen molar-refractivity contribution >= 4 is 17.3 Å². The van der Waals surface area contributed by atoms with Gasteiger partial charge in [-0.25, -0.2) is 4.79 Å². The quantitative estimate of drug-likeness (QED) is 0.824. The molecule has 2 nitrogen and oxygen atoms in total. The monoisotopic (exact) mass is 206 g/mol. The van der Waals surface area contributed by atoms with Gasteiger partial charge in [0.25, 0.3) is 0 Å². The third kappa shape index (κ3) is 2.24. The Morgan fingerprint density at radius 2 is 2.31 bits per heavy atom. The molecule has 13 heavy (non-hydrogen) atoms. The highest BCUT2D eigenvalue weighted by molar-refractivity contribution is 7.10. The van der Waals surface area contributed by atoms with Crippen LogP contribution in [0.5, 0.6) is 0 Å². The first-order valence-corrected chi connectivity index (χ1v) is 4.45. The van der Waals surface area contributed by atoms with Crippen LogP contribution in [-0.4, -0.2) is 17.0 Å². The van der Waals surface area contributed by atoms with Gasteiger partial charge in [-0.1, -0.05) is 0 Å². The lowest BCUT2D eigenvalue weighted by molar-refractivity contribution is -0.164. The molecule has 1 aromatic heterocycles. The number of alkyl halides is 2. The van der Waals surface area contributed by atoms with Gasteiger partial charge in [0.15, 0.2) is 0 Å². The maximum absolute atomic E-state index is 12.7. The van der Waals surface area contributed by atoms with Gasteiger partial charge >= 0.3 is 11.9 Å². The normalized spacial score (nSPS) is 11.6. The maximum atomic E-state index is 12.7. The van der Waals surface area contributed by atoms with E-state index in [2.05, 4.69) is 0 Å². The number of halogens is 2. The summed E-state index contributed by atoms with van der Waals surface area (Å²) in [5.74, 6) is -5.73. The molecule has 0 spiro atoms. The first-order valence-electron chi connectivity index (χ1n) is 3.57. The molecule has 1 aromatic rings. The molecule has 0 aliphatic carbocycles. The number of hydrogen-bond acceptors (Lipinski definition) is 2. The Bertz CT molecular complexity index is 320. The van der Waals surface area contributed by atoms with Crippen molar-refractivity contribution in [3.8, 4) is 0 Å². The van der Waals surface area contributed by atoms with Gasteiger partial charge in [0, 0.05) is 4.88 Å². The minimum atomic E-state index is -3.66. The van der Waals surface area contributed by atoms with E-state index in [1.807, 2.05) is 0 Å². The van der Waals surface area contributed by atoms with Gasteiger partial charge < -0.3 is 5.11 Å². The third-order valence-corrected chi connectivity index (χ3v) is 2.69. The highest BCUT2D eigenvalue weighted by atomic mass is 32.1. The lowest BCUT2D eigenvalue weighted by Gasteiger charge is -2.09. The second-order valence-corrected chi connectivity index (χ2v) is 3.71. The van der Waals surface area contributed by atoms with Crippen LogP contribution < -0.4 is 0 Å². The fraction of sp³-hybridized carbons (Fsp3) is 0.375. The fourth-order valence-electron chi connectivity index (χ4n) is 0.862. The molecule has 0 aromatic carbocycles. The Hall–Kier alpha value is -0.970. The second-order valence-electron chi connectivity index (χ2n) is 2.71. The molecule has 72 valence electrons. The predicted octanol–water partition coefficient (Wildman–Crippen LogP) is 2.32. The molecule has 0 aliphatic heterocycles. The van der Waals surface area contributed by atoms with Crippen LogP contribution in [0.25, 0.3) is 0 Å². The smallest absolute Gasteiger partial charge is 0.374 e. The van der Waals surface area contributed by atoms with E-state index in [4.69, 9.17) is 5.11 Å². The van der Waals surface area contributed by atoms with Gasteiger partial charge in [-0.2, -0.15) is 8.78 Å². The predicted molar refractivity (Wildman–Crippen MR) is 45.3 cm³/mol. The van der Waals surface area contributed by atoms with E-state index in [1.165, 1.54) is 0 Å². The first kappa shape index (κ1) is 10.1. The summed E-state index contributed by atoms with van der Waals surface area (Å²) in [5, 5.41) is 9.85. The standard InChI is InChI=1S/C8H8F2O2S/c1-5-2-3-13-6(5)4-8(9,10)7(11)12/h2-3H,4H2,1H3,(H,11,12). The number of aryl methyl sites for hydroxylation is 1.